The monoisotopic (exact) mass is 385 g/mol. The number of hydrogen-bond donors (Lipinski definition) is 1. The van der Waals surface area contributed by atoms with E-state index in [1.165, 1.54) is 11.8 Å². The number of primary amides is 1. The summed E-state index contributed by atoms with van der Waals surface area (Å²) in [5, 5.41) is 5.25. The van der Waals surface area contributed by atoms with Gasteiger partial charge in [0.25, 0.3) is 0 Å². The number of carbonyl (C=O) groups is 2. The van der Waals surface area contributed by atoms with Crippen molar-refractivity contribution in [2.75, 3.05) is 18.8 Å². The number of carbonyl (C=O) groups excluding carboxylic acids is 2. The number of likely N-dealkylation sites (tertiary alicyclic amines) is 1. The molecule has 2 N–H and O–H groups in total. The Kier molecular flexibility index (Phi) is 5.15. The number of benzene rings is 1. The van der Waals surface area contributed by atoms with Crippen LogP contribution in [0.25, 0.3) is 5.69 Å². The van der Waals surface area contributed by atoms with E-state index in [-0.39, 0.29) is 23.5 Å². The van der Waals surface area contributed by atoms with Gasteiger partial charge in [-0.3, -0.25) is 9.59 Å². The van der Waals surface area contributed by atoms with Crippen LogP contribution < -0.4 is 5.73 Å². The standard InChI is InChI=1S/C19H23N5O2S/c20-17(26)14-5-4-10-23(11-14)16(25)12-27-19-21-18(13-8-9-13)24(22-19)15-6-2-1-3-7-15/h1-3,6-7,13-14H,4-5,8-12H2,(H2,20,26)/t14-/m1/s1. The molecule has 1 aliphatic heterocycles. The number of nitrogens with two attached hydrogens (primary N) is 1. The molecule has 4 rings (SSSR count). The molecule has 0 bridgehead atoms. The minimum atomic E-state index is -0.322. The number of hydrogen-bond acceptors (Lipinski definition) is 5. The van der Waals surface area contributed by atoms with E-state index < -0.39 is 0 Å². The van der Waals surface area contributed by atoms with E-state index in [1.54, 1.807) is 4.90 Å². The molecule has 0 unspecified atom stereocenters. The van der Waals surface area contributed by atoms with Crippen molar-refractivity contribution in [1.29, 1.82) is 0 Å². The average molecular weight is 385 g/mol. The zero-order chi connectivity index (χ0) is 18.8. The molecule has 8 heteroatoms. The molecule has 2 amide bonds. The molecule has 1 atom stereocenters. The summed E-state index contributed by atoms with van der Waals surface area (Å²) in [6.07, 6.45) is 3.85. The number of piperidine rings is 1. The zero-order valence-corrected chi connectivity index (χ0v) is 15.9. The highest BCUT2D eigenvalue weighted by molar-refractivity contribution is 7.99. The van der Waals surface area contributed by atoms with Crippen molar-refractivity contribution < 1.29 is 9.59 Å². The summed E-state index contributed by atoms with van der Waals surface area (Å²) >= 11 is 1.36. The number of aromatic nitrogens is 3. The van der Waals surface area contributed by atoms with Crippen LogP contribution in [0.2, 0.25) is 0 Å². The molecule has 1 aliphatic carbocycles. The molecule has 1 saturated heterocycles. The summed E-state index contributed by atoms with van der Waals surface area (Å²) in [4.78, 5) is 30.4. The number of nitrogens with zero attached hydrogens (tertiary/aromatic N) is 4. The molecule has 2 heterocycles. The van der Waals surface area contributed by atoms with Crippen LogP contribution in [0.1, 0.15) is 37.4 Å². The molecule has 142 valence electrons. The molecule has 1 saturated carbocycles. The van der Waals surface area contributed by atoms with Gasteiger partial charge in [0.1, 0.15) is 5.82 Å². The smallest absolute Gasteiger partial charge is 0.233 e. The highest BCUT2D eigenvalue weighted by Crippen LogP contribution is 2.40. The second-order valence-corrected chi connectivity index (χ2v) is 8.09. The first-order valence-electron chi connectivity index (χ1n) is 9.34. The van der Waals surface area contributed by atoms with Crippen LogP contribution in [0, 0.1) is 5.92 Å². The third-order valence-corrected chi connectivity index (χ3v) is 5.88. The first kappa shape index (κ1) is 18.0. The van der Waals surface area contributed by atoms with Crippen molar-refractivity contribution in [1.82, 2.24) is 19.7 Å². The van der Waals surface area contributed by atoms with Crippen LogP contribution in [-0.2, 0) is 9.59 Å². The molecular formula is C19H23N5O2S. The Labute approximate surface area is 162 Å². The molecule has 2 aliphatic rings. The van der Waals surface area contributed by atoms with Crippen LogP contribution in [0.3, 0.4) is 0 Å². The van der Waals surface area contributed by atoms with Gasteiger partial charge in [-0.15, -0.1) is 5.10 Å². The normalized spacial score (nSPS) is 19.9. The van der Waals surface area contributed by atoms with E-state index >= 15 is 0 Å². The highest BCUT2D eigenvalue weighted by Gasteiger charge is 2.31. The second-order valence-electron chi connectivity index (χ2n) is 7.14. The largest absolute Gasteiger partial charge is 0.369 e. The maximum Gasteiger partial charge on any atom is 0.233 e. The lowest BCUT2D eigenvalue weighted by Crippen LogP contribution is -2.44. The van der Waals surface area contributed by atoms with Crippen molar-refractivity contribution in [3.8, 4) is 5.69 Å². The zero-order valence-electron chi connectivity index (χ0n) is 15.1. The number of amides is 2. The molecule has 2 aromatic rings. The lowest BCUT2D eigenvalue weighted by atomic mass is 9.97. The third kappa shape index (κ3) is 4.16. The van der Waals surface area contributed by atoms with Crippen LogP contribution in [-0.4, -0.2) is 50.3 Å². The van der Waals surface area contributed by atoms with Crippen molar-refractivity contribution >= 4 is 23.6 Å². The molecule has 0 radical (unpaired) electrons. The topological polar surface area (TPSA) is 94.1 Å². The van der Waals surface area contributed by atoms with Crippen LogP contribution >= 0.6 is 11.8 Å². The summed E-state index contributed by atoms with van der Waals surface area (Å²) in [6.45, 7) is 1.11. The van der Waals surface area contributed by atoms with E-state index in [9.17, 15) is 9.59 Å². The van der Waals surface area contributed by atoms with Gasteiger partial charge in [-0.2, -0.15) is 0 Å². The van der Waals surface area contributed by atoms with Gasteiger partial charge in [0, 0.05) is 19.0 Å². The summed E-state index contributed by atoms with van der Waals surface area (Å²) in [7, 11) is 0. The maximum absolute atomic E-state index is 12.5. The van der Waals surface area contributed by atoms with Gasteiger partial charge < -0.3 is 10.6 Å². The Morgan fingerprint density at radius 3 is 2.67 bits per heavy atom. The van der Waals surface area contributed by atoms with E-state index in [4.69, 9.17) is 5.73 Å². The lowest BCUT2D eigenvalue weighted by molar-refractivity contribution is -0.132. The van der Waals surface area contributed by atoms with Crippen molar-refractivity contribution in [3.05, 3.63) is 36.2 Å². The van der Waals surface area contributed by atoms with Crippen LogP contribution in [0.15, 0.2) is 35.5 Å². The quantitative estimate of drug-likeness (QED) is 0.767. The first-order valence-corrected chi connectivity index (χ1v) is 10.3. The minimum absolute atomic E-state index is 0.00924. The van der Waals surface area contributed by atoms with E-state index in [2.05, 4.69) is 10.1 Å². The maximum atomic E-state index is 12.5. The molecule has 7 nitrogen and oxygen atoms in total. The predicted molar refractivity (Wildman–Crippen MR) is 103 cm³/mol. The summed E-state index contributed by atoms with van der Waals surface area (Å²) in [6, 6.07) is 9.96. The van der Waals surface area contributed by atoms with Crippen molar-refractivity contribution in [2.24, 2.45) is 11.7 Å². The van der Waals surface area contributed by atoms with Crippen LogP contribution in [0.4, 0.5) is 0 Å². The van der Waals surface area contributed by atoms with Gasteiger partial charge in [-0.05, 0) is 37.8 Å². The predicted octanol–water partition coefficient (Wildman–Crippen LogP) is 1.96. The molecule has 2 fully saturated rings. The fraction of sp³-hybridized carbons (Fsp3) is 0.474. The lowest BCUT2D eigenvalue weighted by Gasteiger charge is -2.31. The Bertz CT molecular complexity index is 834. The molecular weight excluding hydrogens is 362 g/mol. The summed E-state index contributed by atoms with van der Waals surface area (Å²) in [5.74, 6) is 1.16. The third-order valence-electron chi connectivity index (χ3n) is 5.06. The Balaban J connectivity index is 1.43. The molecule has 27 heavy (non-hydrogen) atoms. The minimum Gasteiger partial charge on any atom is -0.369 e. The van der Waals surface area contributed by atoms with Gasteiger partial charge in [-0.1, -0.05) is 30.0 Å². The fourth-order valence-corrected chi connectivity index (χ4v) is 4.12. The molecule has 1 aromatic carbocycles. The van der Waals surface area contributed by atoms with Gasteiger partial charge in [0.05, 0.1) is 17.4 Å². The Morgan fingerprint density at radius 2 is 1.96 bits per heavy atom. The Hall–Kier alpha value is -2.35. The number of thioether (sulfide) groups is 1. The molecule has 1 aromatic heterocycles. The number of rotatable bonds is 6. The van der Waals surface area contributed by atoms with Gasteiger partial charge >= 0.3 is 0 Å². The SMILES string of the molecule is NC(=O)[C@@H]1CCCN(C(=O)CSc2nc(C3CC3)n(-c3ccccc3)n2)C1. The highest BCUT2D eigenvalue weighted by atomic mass is 32.2. The summed E-state index contributed by atoms with van der Waals surface area (Å²) < 4.78 is 1.90. The van der Waals surface area contributed by atoms with E-state index in [0.29, 0.717) is 24.2 Å². The fourth-order valence-electron chi connectivity index (χ4n) is 3.38. The van der Waals surface area contributed by atoms with Crippen molar-refractivity contribution in [2.45, 2.75) is 36.8 Å². The molecule has 0 spiro atoms. The van der Waals surface area contributed by atoms with E-state index in [1.807, 2.05) is 35.0 Å². The summed E-state index contributed by atoms with van der Waals surface area (Å²) in [5.41, 5.74) is 6.39. The van der Waals surface area contributed by atoms with Crippen molar-refractivity contribution in [3.63, 3.8) is 0 Å². The second kappa shape index (κ2) is 7.72. The van der Waals surface area contributed by atoms with Gasteiger partial charge in [-0.25, -0.2) is 9.67 Å². The van der Waals surface area contributed by atoms with Gasteiger partial charge in [0.15, 0.2) is 0 Å². The average Bonchev–Trinajstić information content (AvgIpc) is 3.46. The van der Waals surface area contributed by atoms with Gasteiger partial charge in [0.2, 0.25) is 17.0 Å². The first-order chi connectivity index (χ1) is 13.1. The number of para-hydroxylation sites is 1. The van der Waals surface area contributed by atoms with Crippen LogP contribution in [0.5, 0.6) is 0 Å². The van der Waals surface area contributed by atoms with E-state index in [0.717, 1.165) is 37.2 Å². The Morgan fingerprint density at radius 1 is 1.19 bits per heavy atom.